The number of carbonyl (C=O) groups is 1. The molecule has 1 aliphatic carbocycles. The van der Waals surface area contributed by atoms with E-state index in [1.807, 2.05) is 30.5 Å². The average molecular weight is 287 g/mol. The molecular weight excluding hydrogens is 266 g/mol. The van der Waals surface area contributed by atoms with Crippen LogP contribution in [0.15, 0.2) is 41.5 Å². The third kappa shape index (κ3) is 4.95. The van der Waals surface area contributed by atoms with Crippen molar-refractivity contribution >= 4 is 17.8 Å². The van der Waals surface area contributed by atoms with Gasteiger partial charge in [-0.3, -0.25) is 4.79 Å². The zero-order valence-electron chi connectivity index (χ0n) is 12.2. The Hall–Kier alpha value is -2.30. The Morgan fingerprint density at radius 2 is 2.29 bits per heavy atom. The highest BCUT2D eigenvalue weighted by atomic mass is 16.5. The molecule has 1 aromatic carbocycles. The molecule has 2 rings (SSSR count). The second-order valence-electron chi connectivity index (χ2n) is 4.91. The summed E-state index contributed by atoms with van der Waals surface area (Å²) in [6, 6.07) is 7.48. The quantitative estimate of drug-likeness (QED) is 0.480. The van der Waals surface area contributed by atoms with Crippen LogP contribution < -0.4 is 15.5 Å². The average Bonchev–Trinajstić information content (AvgIpc) is 2.54. The van der Waals surface area contributed by atoms with Gasteiger partial charge in [0.2, 0.25) is 0 Å². The fourth-order valence-electron chi connectivity index (χ4n) is 2.17. The maximum atomic E-state index is 11.7. The number of hydrogen-bond donors (Lipinski definition) is 2. The van der Waals surface area contributed by atoms with E-state index >= 15 is 0 Å². The van der Waals surface area contributed by atoms with Gasteiger partial charge in [0.25, 0.3) is 5.91 Å². The summed E-state index contributed by atoms with van der Waals surface area (Å²) in [5.74, 6) is 0.962. The summed E-state index contributed by atoms with van der Waals surface area (Å²) < 4.78 is 5.21. The number of rotatable bonds is 6. The monoisotopic (exact) mass is 287 g/mol. The molecule has 0 unspecified atom stereocenters. The molecule has 1 amide bonds. The Kier molecular flexibility index (Phi) is 5.82. The molecule has 0 spiro atoms. The summed E-state index contributed by atoms with van der Waals surface area (Å²) in [5, 5.41) is 7.05. The van der Waals surface area contributed by atoms with Crippen molar-refractivity contribution in [2.24, 2.45) is 11.0 Å². The molecule has 0 fully saturated rings. The van der Waals surface area contributed by atoms with Crippen LogP contribution in [0.3, 0.4) is 0 Å². The van der Waals surface area contributed by atoms with Gasteiger partial charge in [0, 0.05) is 6.21 Å². The normalized spacial score (nSPS) is 17.7. The van der Waals surface area contributed by atoms with Gasteiger partial charge in [0.1, 0.15) is 5.75 Å². The van der Waals surface area contributed by atoms with Crippen molar-refractivity contribution in [2.75, 3.05) is 19.0 Å². The third-order valence-electron chi connectivity index (χ3n) is 3.33. The number of benzene rings is 1. The predicted molar refractivity (Wildman–Crippen MR) is 84.6 cm³/mol. The minimum absolute atomic E-state index is 0.155. The van der Waals surface area contributed by atoms with Crippen molar-refractivity contribution in [3.63, 3.8) is 0 Å². The Bertz CT molecular complexity index is 526. The van der Waals surface area contributed by atoms with Crippen LogP contribution >= 0.6 is 0 Å². The molecule has 5 nitrogen and oxygen atoms in total. The SMILES string of the molecule is COc1ccccc1NCC(=O)N/N=C\[C@@H]1CC=CCC1. The molecule has 1 atom stereocenters. The summed E-state index contributed by atoms with van der Waals surface area (Å²) >= 11 is 0. The highest BCUT2D eigenvalue weighted by molar-refractivity contribution is 5.81. The number of amides is 1. The molecule has 0 saturated carbocycles. The number of hydrogen-bond acceptors (Lipinski definition) is 4. The van der Waals surface area contributed by atoms with Crippen molar-refractivity contribution in [1.29, 1.82) is 0 Å². The minimum atomic E-state index is -0.177. The molecule has 5 heteroatoms. The van der Waals surface area contributed by atoms with E-state index in [1.54, 1.807) is 7.11 Å². The smallest absolute Gasteiger partial charge is 0.259 e. The Balaban J connectivity index is 1.74. The van der Waals surface area contributed by atoms with E-state index in [2.05, 4.69) is 28.0 Å². The van der Waals surface area contributed by atoms with Gasteiger partial charge >= 0.3 is 0 Å². The van der Waals surface area contributed by atoms with Gasteiger partial charge in [-0.2, -0.15) is 5.10 Å². The minimum Gasteiger partial charge on any atom is -0.495 e. The number of carbonyl (C=O) groups excluding carboxylic acids is 1. The number of hydrazone groups is 1. The molecule has 0 aliphatic heterocycles. The number of allylic oxidation sites excluding steroid dienone is 2. The first-order valence-electron chi connectivity index (χ1n) is 7.13. The lowest BCUT2D eigenvalue weighted by Gasteiger charge is -2.12. The molecular formula is C16H21N3O2. The lowest BCUT2D eigenvalue weighted by atomic mass is 9.96. The zero-order valence-corrected chi connectivity index (χ0v) is 12.2. The predicted octanol–water partition coefficient (Wildman–Crippen LogP) is 2.57. The Morgan fingerprint density at radius 1 is 1.43 bits per heavy atom. The van der Waals surface area contributed by atoms with Crippen LogP contribution in [0.4, 0.5) is 5.69 Å². The number of nitrogens with zero attached hydrogens (tertiary/aromatic N) is 1. The largest absolute Gasteiger partial charge is 0.495 e. The first kappa shape index (κ1) is 15.1. The first-order valence-corrected chi connectivity index (χ1v) is 7.13. The summed E-state index contributed by atoms with van der Waals surface area (Å²) in [6.45, 7) is 0.155. The van der Waals surface area contributed by atoms with Crippen molar-refractivity contribution < 1.29 is 9.53 Å². The Morgan fingerprint density at radius 3 is 3.05 bits per heavy atom. The maximum Gasteiger partial charge on any atom is 0.259 e. The van der Waals surface area contributed by atoms with E-state index in [1.165, 1.54) is 0 Å². The summed E-state index contributed by atoms with van der Waals surface area (Å²) in [4.78, 5) is 11.7. The van der Waals surface area contributed by atoms with Crippen molar-refractivity contribution in [1.82, 2.24) is 5.43 Å². The molecule has 0 radical (unpaired) electrons. The molecule has 0 aromatic heterocycles. The van der Waals surface area contributed by atoms with Crippen molar-refractivity contribution in [2.45, 2.75) is 19.3 Å². The number of para-hydroxylation sites is 2. The van der Waals surface area contributed by atoms with Gasteiger partial charge < -0.3 is 10.1 Å². The number of nitrogens with one attached hydrogen (secondary N) is 2. The van der Waals surface area contributed by atoms with Gasteiger partial charge in [-0.1, -0.05) is 24.3 Å². The number of anilines is 1. The maximum absolute atomic E-state index is 11.7. The fraction of sp³-hybridized carbons (Fsp3) is 0.375. The van der Waals surface area contributed by atoms with E-state index in [9.17, 15) is 4.79 Å². The van der Waals surface area contributed by atoms with Gasteiger partial charge in [-0.05, 0) is 37.3 Å². The number of methoxy groups -OCH3 is 1. The summed E-state index contributed by atoms with van der Waals surface area (Å²) in [6.07, 6.45) is 9.34. The molecule has 1 aromatic rings. The van der Waals surface area contributed by atoms with Crippen LogP contribution in [-0.2, 0) is 4.79 Å². The van der Waals surface area contributed by atoms with E-state index in [4.69, 9.17) is 4.74 Å². The molecule has 1 aliphatic rings. The van der Waals surface area contributed by atoms with E-state index in [0.717, 1.165) is 24.9 Å². The van der Waals surface area contributed by atoms with E-state index < -0.39 is 0 Å². The van der Waals surface area contributed by atoms with Gasteiger partial charge in [-0.25, -0.2) is 5.43 Å². The van der Waals surface area contributed by atoms with Crippen LogP contribution in [0.5, 0.6) is 5.75 Å². The van der Waals surface area contributed by atoms with E-state index in [0.29, 0.717) is 11.7 Å². The standard InChI is InChI=1S/C16H21N3O2/c1-21-15-10-6-5-9-14(15)17-12-16(20)19-18-11-13-7-3-2-4-8-13/h2-3,5-6,9-11,13,17H,4,7-8,12H2,1H3,(H,19,20)/b18-11-/t13-/m1/s1. The van der Waals surface area contributed by atoms with Crippen LogP contribution in [0, 0.1) is 5.92 Å². The lowest BCUT2D eigenvalue weighted by Crippen LogP contribution is -2.26. The number of ether oxygens (including phenoxy) is 1. The molecule has 112 valence electrons. The van der Waals surface area contributed by atoms with E-state index in [-0.39, 0.29) is 12.5 Å². The zero-order chi connectivity index (χ0) is 14.9. The fourth-order valence-corrected chi connectivity index (χ4v) is 2.17. The summed E-state index contributed by atoms with van der Waals surface area (Å²) in [5.41, 5.74) is 3.33. The lowest BCUT2D eigenvalue weighted by molar-refractivity contribution is -0.119. The molecule has 21 heavy (non-hydrogen) atoms. The second kappa shape index (κ2) is 8.09. The highest BCUT2D eigenvalue weighted by Gasteiger charge is 2.07. The molecule has 0 heterocycles. The van der Waals surface area contributed by atoms with Crippen molar-refractivity contribution in [3.05, 3.63) is 36.4 Å². The highest BCUT2D eigenvalue weighted by Crippen LogP contribution is 2.22. The van der Waals surface area contributed by atoms with Crippen LogP contribution in [-0.4, -0.2) is 25.8 Å². The van der Waals surface area contributed by atoms with Crippen LogP contribution in [0.25, 0.3) is 0 Å². The molecule has 2 N–H and O–H groups in total. The van der Waals surface area contributed by atoms with Crippen LogP contribution in [0.2, 0.25) is 0 Å². The van der Waals surface area contributed by atoms with Gasteiger partial charge in [0.15, 0.2) is 0 Å². The first-order chi connectivity index (χ1) is 10.3. The second-order valence-corrected chi connectivity index (χ2v) is 4.91. The topological polar surface area (TPSA) is 62.7 Å². The van der Waals surface area contributed by atoms with Crippen molar-refractivity contribution in [3.8, 4) is 5.75 Å². The van der Waals surface area contributed by atoms with Gasteiger partial charge in [-0.15, -0.1) is 0 Å². The molecule has 0 saturated heterocycles. The third-order valence-corrected chi connectivity index (χ3v) is 3.33. The van der Waals surface area contributed by atoms with Crippen LogP contribution in [0.1, 0.15) is 19.3 Å². The summed E-state index contributed by atoms with van der Waals surface area (Å²) in [7, 11) is 1.60. The molecule has 0 bridgehead atoms. The Labute approximate surface area is 125 Å². The van der Waals surface area contributed by atoms with Gasteiger partial charge in [0.05, 0.1) is 19.3 Å².